The quantitative estimate of drug-likeness (QED) is 0.0646. The van der Waals surface area contributed by atoms with Crippen molar-refractivity contribution in [2.45, 2.75) is 155 Å². The first-order chi connectivity index (χ1) is 39.5. The maximum atomic E-state index is 13.1. The number of imide groups is 1. The first kappa shape index (κ1) is 64.2. The predicted octanol–water partition coefficient (Wildman–Crippen LogP) is 10.8. The fraction of sp³-hybridized carbons (Fsp3) is 0.545. The molecule has 3 aromatic carbocycles. The third-order valence-electron chi connectivity index (χ3n) is 16.3. The monoisotopic (exact) mass is 1160 g/mol. The number of hydrogen-bond acceptors (Lipinski definition) is 13. The highest BCUT2D eigenvalue weighted by atomic mass is 16.6. The van der Waals surface area contributed by atoms with Crippen molar-refractivity contribution in [2.24, 2.45) is 59.0 Å². The Labute approximate surface area is 496 Å². The molecule has 7 aliphatic rings. The Kier molecular flexibility index (Phi) is 20.4. The number of methoxy groups -OCH3 is 3. The van der Waals surface area contributed by atoms with Crippen LogP contribution in [0.1, 0.15) is 137 Å². The zero-order chi connectivity index (χ0) is 61.6. The molecule has 3 aromatic rings. The van der Waals surface area contributed by atoms with Gasteiger partial charge in [0.1, 0.15) is 34.1 Å². The van der Waals surface area contributed by atoms with Gasteiger partial charge in [0.05, 0.1) is 69.3 Å². The van der Waals surface area contributed by atoms with Crippen LogP contribution in [0.4, 0.5) is 14.4 Å². The van der Waals surface area contributed by atoms with Crippen molar-refractivity contribution < 1.29 is 57.2 Å². The highest BCUT2D eigenvalue weighted by molar-refractivity contribution is 6.00. The van der Waals surface area contributed by atoms with Gasteiger partial charge in [-0.2, -0.15) is 0 Å². The number of alkyl carbamates (subject to hydrolysis) is 2. The van der Waals surface area contributed by atoms with Crippen LogP contribution in [-0.2, 0) is 28.6 Å². The Morgan fingerprint density at radius 2 is 0.821 bits per heavy atom. The second kappa shape index (κ2) is 26.7. The van der Waals surface area contributed by atoms with Crippen LogP contribution in [0.3, 0.4) is 0 Å². The summed E-state index contributed by atoms with van der Waals surface area (Å²) >= 11 is 0. The third-order valence-corrected chi connectivity index (χ3v) is 16.3. The minimum absolute atomic E-state index is 0.0394. The van der Waals surface area contributed by atoms with E-state index in [0.717, 1.165) is 53.2 Å². The number of ether oxygens (including phenoxy) is 6. The lowest BCUT2D eigenvalue weighted by Crippen LogP contribution is -2.65. The molecule has 0 aromatic heterocycles. The van der Waals surface area contributed by atoms with Crippen LogP contribution in [0.15, 0.2) is 109 Å². The number of nitrogens with two attached hydrogens (primary N) is 1. The van der Waals surface area contributed by atoms with E-state index >= 15 is 0 Å². The number of rotatable bonds is 12. The summed E-state index contributed by atoms with van der Waals surface area (Å²) in [5.74, 6) is 3.10. The molecule has 1 saturated heterocycles. The van der Waals surface area contributed by atoms with Gasteiger partial charge in [-0.1, -0.05) is 72.9 Å². The second-order valence-corrected chi connectivity index (χ2v) is 26.0. The second-order valence-electron chi connectivity index (χ2n) is 26.0. The molecular formula is C66H90N6O12. The van der Waals surface area contributed by atoms with Gasteiger partial charge in [-0.15, -0.1) is 0 Å². The first-order valence-electron chi connectivity index (χ1n) is 29.4. The first-order valence-corrected chi connectivity index (χ1v) is 29.4. The molecule has 18 heteroatoms. The average molecular weight is 1160 g/mol. The van der Waals surface area contributed by atoms with E-state index in [-0.39, 0.29) is 95.4 Å². The van der Waals surface area contributed by atoms with Gasteiger partial charge < -0.3 is 55.4 Å². The molecule has 6 bridgehead atoms. The summed E-state index contributed by atoms with van der Waals surface area (Å²) in [6, 6.07) is 22.5. The summed E-state index contributed by atoms with van der Waals surface area (Å²) in [5, 5.41) is 12.1. The SMILES string of the molecule is CC(C)(C)OC(=O)N1C(=O)C2C1[C@H]1C=C[C@@H]2C1.COc1ccc([C@@H](C)N)cc1.COc1ccc([C@@H](C)NC(=O)[C@@H]2[C@H](NC(=O)OC(C)(C)C)[C@H]3C=C[C@@H]2C3)cc1.COc1ccc([C@@H](C)NC(=O)[C@H]2[C@@H](NC(=O)OC(C)(C)C)[C@@H]3C=C[C@H]2C3)cc1. The van der Waals surface area contributed by atoms with E-state index in [2.05, 4.69) is 57.7 Å². The summed E-state index contributed by atoms with van der Waals surface area (Å²) in [4.78, 5) is 75.8. The highest BCUT2D eigenvalue weighted by Crippen LogP contribution is 2.53. The summed E-state index contributed by atoms with van der Waals surface area (Å²) < 4.78 is 31.4. The maximum absolute atomic E-state index is 13.1. The fourth-order valence-electron chi connectivity index (χ4n) is 12.3. The van der Waals surface area contributed by atoms with E-state index in [1.807, 2.05) is 156 Å². The lowest BCUT2D eigenvalue weighted by molar-refractivity contribution is -0.154. The number of carbonyl (C=O) groups is 6. The van der Waals surface area contributed by atoms with Crippen LogP contribution < -0.4 is 41.2 Å². The van der Waals surface area contributed by atoms with Gasteiger partial charge in [-0.25, -0.2) is 19.3 Å². The molecule has 6 aliphatic carbocycles. The Hall–Kier alpha value is -7.34. The van der Waals surface area contributed by atoms with Gasteiger partial charge in [0.15, 0.2) is 0 Å². The standard InChI is InChI=1S/2C22H30N2O4.C13H17NO3.C9H13NO/c2*1-13(14-8-10-17(27-5)11-9-14)23-20(25)18-15-6-7-16(12-15)19(18)24-21(26)28-22(2,3)4;1-13(2,3)17-12(16)14-10-8-5-4-7(6-8)9(10)11(14)15;1-7(10)8-3-5-9(11-2)6-4-8/h2*6-11,13,15-16,18-19H,12H2,1-5H3,(H,23,25)(H,24,26);4-5,7-10H,6H2,1-3H3;3-7H,10H2,1-2H3/t13-,15+,16-,18-,19+;13-,15-,16+,18+,19-;7-,8+,9?,10?;7-/m1111/s1. The minimum atomic E-state index is -0.571. The lowest BCUT2D eigenvalue weighted by atomic mass is 9.80. The van der Waals surface area contributed by atoms with Gasteiger partial charge >= 0.3 is 18.3 Å². The largest absolute Gasteiger partial charge is 0.497 e. The van der Waals surface area contributed by atoms with Gasteiger partial charge in [0.25, 0.3) is 0 Å². The van der Waals surface area contributed by atoms with E-state index in [9.17, 15) is 28.8 Å². The number of amides is 6. The van der Waals surface area contributed by atoms with Crippen molar-refractivity contribution in [3.8, 4) is 17.2 Å². The van der Waals surface area contributed by atoms with Gasteiger partial charge in [-0.05, 0) is 191 Å². The Morgan fingerprint density at radius 3 is 1.18 bits per heavy atom. The predicted molar refractivity (Wildman–Crippen MR) is 321 cm³/mol. The molecule has 4 fully saturated rings. The average Bonchev–Trinajstić information content (AvgIpc) is 1.63. The van der Waals surface area contributed by atoms with Crippen LogP contribution in [0.25, 0.3) is 0 Å². The number of nitrogens with one attached hydrogen (secondary N) is 4. The molecule has 0 spiro atoms. The molecule has 84 heavy (non-hydrogen) atoms. The molecule has 2 unspecified atom stereocenters. The summed E-state index contributed by atoms with van der Waals surface area (Å²) in [5.41, 5.74) is 7.11. The summed E-state index contributed by atoms with van der Waals surface area (Å²) in [6.45, 7) is 22.3. The Bertz CT molecular complexity index is 2750. The van der Waals surface area contributed by atoms with Crippen LogP contribution in [0.2, 0.25) is 0 Å². The van der Waals surface area contributed by atoms with E-state index in [1.165, 1.54) is 4.90 Å². The number of nitrogens with zero attached hydrogens (tertiary/aromatic N) is 1. The molecule has 6 N–H and O–H groups in total. The van der Waals surface area contributed by atoms with Crippen LogP contribution >= 0.6 is 0 Å². The molecule has 10 rings (SSSR count). The number of β-lactam (4-membered cyclic amide) rings is 1. The fourth-order valence-corrected chi connectivity index (χ4v) is 12.3. The Balaban J connectivity index is 0.000000169. The Morgan fingerprint density at radius 1 is 0.488 bits per heavy atom. The third kappa shape index (κ3) is 16.1. The van der Waals surface area contributed by atoms with Crippen molar-refractivity contribution >= 4 is 36.0 Å². The van der Waals surface area contributed by atoms with E-state index < -0.39 is 35.1 Å². The van der Waals surface area contributed by atoms with Crippen LogP contribution in [0, 0.1) is 53.3 Å². The molecule has 3 saturated carbocycles. The normalized spacial score (nSPS) is 27.1. The molecule has 15 atom stereocenters. The van der Waals surface area contributed by atoms with Gasteiger partial charge in [-0.3, -0.25) is 14.4 Å². The summed E-state index contributed by atoms with van der Waals surface area (Å²) in [6.07, 6.45) is 14.0. The molecule has 1 heterocycles. The number of likely N-dealkylation sites (tertiary alicyclic amines) is 1. The maximum Gasteiger partial charge on any atom is 0.417 e. The molecule has 6 amide bonds. The topological polar surface area (TPSA) is 235 Å². The molecule has 0 radical (unpaired) electrons. The lowest BCUT2D eigenvalue weighted by Gasteiger charge is -2.46. The molecule has 18 nitrogen and oxygen atoms in total. The minimum Gasteiger partial charge on any atom is -0.497 e. The van der Waals surface area contributed by atoms with Crippen molar-refractivity contribution in [3.63, 3.8) is 0 Å². The van der Waals surface area contributed by atoms with Crippen molar-refractivity contribution in [3.05, 3.63) is 126 Å². The number of carbonyl (C=O) groups excluding carboxylic acids is 6. The van der Waals surface area contributed by atoms with Crippen molar-refractivity contribution in [1.29, 1.82) is 0 Å². The summed E-state index contributed by atoms with van der Waals surface area (Å²) in [7, 11) is 4.90. The van der Waals surface area contributed by atoms with Crippen LogP contribution in [-0.4, -0.2) is 97.2 Å². The highest BCUT2D eigenvalue weighted by Gasteiger charge is 2.63. The van der Waals surface area contributed by atoms with Gasteiger partial charge in [0, 0.05) is 6.04 Å². The number of benzene rings is 3. The number of fused-ring (bicyclic) bond motifs is 9. The zero-order valence-corrected chi connectivity index (χ0v) is 51.6. The molecular weight excluding hydrogens is 1070 g/mol. The van der Waals surface area contributed by atoms with Crippen molar-refractivity contribution in [2.75, 3.05) is 21.3 Å². The smallest absolute Gasteiger partial charge is 0.417 e. The van der Waals surface area contributed by atoms with Gasteiger partial charge in [0.2, 0.25) is 17.7 Å². The number of allylic oxidation sites excluding steroid dienone is 3. The van der Waals surface area contributed by atoms with Crippen molar-refractivity contribution in [1.82, 2.24) is 26.2 Å². The molecule has 456 valence electrons. The van der Waals surface area contributed by atoms with E-state index in [1.54, 1.807) is 21.3 Å². The zero-order valence-electron chi connectivity index (χ0n) is 51.6. The van der Waals surface area contributed by atoms with E-state index in [4.69, 9.17) is 34.2 Å². The van der Waals surface area contributed by atoms with E-state index in [0.29, 0.717) is 11.8 Å². The molecule has 1 aliphatic heterocycles. The number of hydrogen-bond donors (Lipinski definition) is 5. The van der Waals surface area contributed by atoms with Crippen LogP contribution in [0.5, 0.6) is 17.2 Å².